The summed E-state index contributed by atoms with van der Waals surface area (Å²) in [6.07, 6.45) is 20.9. The number of benzene rings is 1. The number of epoxide rings is 1. The predicted octanol–water partition coefficient (Wildman–Crippen LogP) is 6.87. The lowest BCUT2D eigenvalue weighted by Crippen LogP contribution is -2.05. The number of rotatable bonds is 16. The number of allylic oxidation sites excluding steroid dienone is 2. The molecule has 1 unspecified atom stereocenters. The van der Waals surface area contributed by atoms with Crippen LogP contribution in [0.3, 0.4) is 0 Å². The van der Waals surface area contributed by atoms with E-state index in [-0.39, 0.29) is 0 Å². The van der Waals surface area contributed by atoms with E-state index in [0.717, 1.165) is 18.8 Å². The SMILES string of the molecule is CCCCCC/C=C/CCCCCCCc1ccccc1OCC1CO1. The predicted molar refractivity (Wildman–Crippen MR) is 111 cm³/mol. The Kier molecular flexibility index (Phi) is 11.2. The number of hydrogen-bond acceptors (Lipinski definition) is 2. The molecule has 0 spiro atoms. The quantitative estimate of drug-likeness (QED) is 0.183. The van der Waals surface area contributed by atoms with Gasteiger partial charge in [0, 0.05) is 0 Å². The van der Waals surface area contributed by atoms with Crippen LogP contribution in [0.25, 0.3) is 0 Å². The first-order chi connectivity index (χ1) is 12.9. The Balaban J connectivity index is 1.45. The second kappa shape index (κ2) is 13.9. The van der Waals surface area contributed by atoms with Gasteiger partial charge in [-0.3, -0.25) is 0 Å². The maximum atomic E-state index is 5.89. The third-order valence-corrected chi connectivity index (χ3v) is 5.01. The van der Waals surface area contributed by atoms with Crippen molar-refractivity contribution >= 4 is 0 Å². The normalized spacial score (nSPS) is 16.3. The van der Waals surface area contributed by atoms with E-state index in [9.17, 15) is 0 Å². The number of ether oxygens (including phenoxy) is 2. The molecule has 0 saturated carbocycles. The second-order valence-electron chi connectivity index (χ2n) is 7.50. The van der Waals surface area contributed by atoms with Crippen molar-refractivity contribution in [2.45, 2.75) is 90.1 Å². The highest BCUT2D eigenvalue weighted by Gasteiger charge is 2.23. The van der Waals surface area contributed by atoms with Crippen LogP contribution in [0, 0.1) is 0 Å². The summed E-state index contributed by atoms with van der Waals surface area (Å²) in [5.41, 5.74) is 1.35. The van der Waals surface area contributed by atoms with E-state index >= 15 is 0 Å². The lowest BCUT2D eigenvalue weighted by Gasteiger charge is -2.10. The number of aryl methyl sites for hydroxylation is 1. The molecule has 1 heterocycles. The van der Waals surface area contributed by atoms with Gasteiger partial charge in [-0.1, -0.05) is 75.8 Å². The van der Waals surface area contributed by atoms with Crippen molar-refractivity contribution in [1.82, 2.24) is 0 Å². The molecule has 1 aliphatic rings. The molecule has 2 nitrogen and oxygen atoms in total. The van der Waals surface area contributed by atoms with E-state index in [0.29, 0.717) is 12.7 Å². The van der Waals surface area contributed by atoms with Crippen LogP contribution in [-0.4, -0.2) is 19.3 Å². The molecule has 146 valence electrons. The summed E-state index contributed by atoms with van der Waals surface area (Å²) in [5.74, 6) is 1.05. The van der Waals surface area contributed by atoms with Crippen LogP contribution in [0.1, 0.15) is 83.1 Å². The Bertz CT molecular complexity index is 491. The maximum absolute atomic E-state index is 5.89. The van der Waals surface area contributed by atoms with Gasteiger partial charge in [-0.2, -0.15) is 0 Å². The fourth-order valence-electron chi connectivity index (χ4n) is 3.23. The Morgan fingerprint density at radius 1 is 0.923 bits per heavy atom. The summed E-state index contributed by atoms with van der Waals surface area (Å²) < 4.78 is 11.1. The van der Waals surface area contributed by atoms with E-state index in [1.165, 1.54) is 76.2 Å². The molecule has 1 saturated heterocycles. The van der Waals surface area contributed by atoms with E-state index < -0.39 is 0 Å². The van der Waals surface area contributed by atoms with Crippen molar-refractivity contribution in [3.05, 3.63) is 42.0 Å². The van der Waals surface area contributed by atoms with Gasteiger partial charge in [0.2, 0.25) is 0 Å². The number of hydrogen-bond donors (Lipinski definition) is 0. The van der Waals surface area contributed by atoms with Crippen LogP contribution >= 0.6 is 0 Å². The monoisotopic (exact) mass is 358 g/mol. The van der Waals surface area contributed by atoms with Crippen LogP contribution in [-0.2, 0) is 11.2 Å². The van der Waals surface area contributed by atoms with Gasteiger partial charge in [-0.15, -0.1) is 0 Å². The molecule has 26 heavy (non-hydrogen) atoms. The molecule has 1 fully saturated rings. The molecular weight excluding hydrogens is 320 g/mol. The summed E-state index contributed by atoms with van der Waals surface area (Å²) in [4.78, 5) is 0. The Morgan fingerprint density at radius 2 is 1.58 bits per heavy atom. The fourth-order valence-corrected chi connectivity index (χ4v) is 3.23. The minimum Gasteiger partial charge on any atom is -0.491 e. The smallest absolute Gasteiger partial charge is 0.122 e. The van der Waals surface area contributed by atoms with Crippen LogP contribution in [0.15, 0.2) is 36.4 Å². The topological polar surface area (TPSA) is 21.8 Å². The zero-order chi connectivity index (χ0) is 18.3. The van der Waals surface area contributed by atoms with Gasteiger partial charge in [-0.05, 0) is 50.2 Å². The molecule has 2 heteroatoms. The molecule has 0 radical (unpaired) electrons. The molecule has 0 aromatic heterocycles. The maximum Gasteiger partial charge on any atom is 0.122 e. The van der Waals surface area contributed by atoms with Gasteiger partial charge < -0.3 is 9.47 Å². The van der Waals surface area contributed by atoms with Crippen molar-refractivity contribution in [1.29, 1.82) is 0 Å². The summed E-state index contributed by atoms with van der Waals surface area (Å²) in [5, 5.41) is 0. The number of unbranched alkanes of at least 4 members (excludes halogenated alkanes) is 9. The van der Waals surface area contributed by atoms with Crippen LogP contribution in [0.4, 0.5) is 0 Å². The fraction of sp³-hybridized carbons (Fsp3) is 0.667. The van der Waals surface area contributed by atoms with Crippen LogP contribution < -0.4 is 4.74 Å². The largest absolute Gasteiger partial charge is 0.491 e. The first-order valence-corrected chi connectivity index (χ1v) is 10.9. The zero-order valence-electron chi connectivity index (χ0n) is 16.8. The van der Waals surface area contributed by atoms with Gasteiger partial charge in [-0.25, -0.2) is 0 Å². The minimum atomic E-state index is 0.327. The third kappa shape index (κ3) is 10.0. The third-order valence-electron chi connectivity index (χ3n) is 5.01. The highest BCUT2D eigenvalue weighted by atomic mass is 16.6. The van der Waals surface area contributed by atoms with E-state index in [2.05, 4.69) is 43.3 Å². The molecule has 0 amide bonds. The lowest BCUT2D eigenvalue weighted by molar-refractivity contribution is 0.261. The van der Waals surface area contributed by atoms with Crippen LogP contribution in [0.2, 0.25) is 0 Å². The highest BCUT2D eigenvalue weighted by molar-refractivity contribution is 5.33. The summed E-state index contributed by atoms with van der Waals surface area (Å²) in [6, 6.07) is 8.47. The first-order valence-electron chi connectivity index (χ1n) is 10.9. The Morgan fingerprint density at radius 3 is 2.31 bits per heavy atom. The average molecular weight is 359 g/mol. The molecule has 1 atom stereocenters. The van der Waals surface area contributed by atoms with Crippen molar-refractivity contribution in [3.63, 3.8) is 0 Å². The van der Waals surface area contributed by atoms with Crippen molar-refractivity contribution in [2.24, 2.45) is 0 Å². The van der Waals surface area contributed by atoms with E-state index in [4.69, 9.17) is 9.47 Å². The zero-order valence-corrected chi connectivity index (χ0v) is 16.8. The van der Waals surface area contributed by atoms with Gasteiger partial charge in [0.1, 0.15) is 18.5 Å². The van der Waals surface area contributed by atoms with Crippen molar-refractivity contribution in [3.8, 4) is 5.75 Å². The second-order valence-corrected chi connectivity index (χ2v) is 7.50. The average Bonchev–Trinajstić information content (AvgIpc) is 3.49. The summed E-state index contributed by atoms with van der Waals surface area (Å²) >= 11 is 0. The van der Waals surface area contributed by atoms with Gasteiger partial charge in [0.25, 0.3) is 0 Å². The molecule has 1 aromatic carbocycles. The summed E-state index contributed by atoms with van der Waals surface area (Å²) in [6.45, 7) is 3.83. The standard InChI is InChI=1S/C24H38O2/c1-2-3-4-5-6-7-8-9-10-11-12-13-14-17-22-18-15-16-19-24(22)26-21-23-20-25-23/h7-8,15-16,18-19,23H,2-6,9-14,17,20-21H2,1H3/b8-7+. The van der Waals surface area contributed by atoms with Gasteiger partial charge in [0.05, 0.1) is 6.61 Å². The van der Waals surface area contributed by atoms with Gasteiger partial charge in [0.15, 0.2) is 0 Å². The molecule has 1 aromatic rings. The van der Waals surface area contributed by atoms with Crippen molar-refractivity contribution < 1.29 is 9.47 Å². The Hall–Kier alpha value is -1.28. The molecule has 2 rings (SSSR count). The van der Waals surface area contributed by atoms with E-state index in [1.54, 1.807) is 0 Å². The molecule has 0 aliphatic carbocycles. The van der Waals surface area contributed by atoms with Crippen molar-refractivity contribution in [2.75, 3.05) is 13.2 Å². The first kappa shape index (κ1) is 21.0. The highest BCUT2D eigenvalue weighted by Crippen LogP contribution is 2.22. The molecule has 0 N–H and O–H groups in total. The molecule has 1 aliphatic heterocycles. The number of para-hydroxylation sites is 1. The molecule has 0 bridgehead atoms. The Labute approximate surface area is 161 Å². The lowest BCUT2D eigenvalue weighted by atomic mass is 10.0. The summed E-state index contributed by atoms with van der Waals surface area (Å²) in [7, 11) is 0. The van der Waals surface area contributed by atoms with Crippen LogP contribution in [0.5, 0.6) is 5.75 Å². The molecular formula is C24H38O2. The van der Waals surface area contributed by atoms with Gasteiger partial charge >= 0.3 is 0 Å². The van der Waals surface area contributed by atoms with E-state index in [1.807, 2.05) is 0 Å². The minimum absolute atomic E-state index is 0.327.